The summed E-state index contributed by atoms with van der Waals surface area (Å²) in [6.45, 7) is 4.60. The molecule has 0 aliphatic carbocycles. The van der Waals surface area contributed by atoms with Crippen molar-refractivity contribution in [2.45, 2.75) is 39.0 Å². The van der Waals surface area contributed by atoms with Gasteiger partial charge >= 0.3 is 24.3 Å². The largest absolute Gasteiger partial charge is 0.508 e. The zero-order chi connectivity index (χ0) is 24.8. The minimum atomic E-state index is -5.00. The standard InChI is InChI=1S/C22H25F3N2O6/c1-21(2,3)33-19(29)27-16-9-6-5-8-14(16)15(11-12-26-18(28)22(23,24)25)17(27)10-7-13-32-20(30)31-4/h5-10H,11-13H2,1-4H3,(H,26,28)/b10-7+. The molecule has 0 spiro atoms. The Morgan fingerprint density at radius 3 is 2.39 bits per heavy atom. The topological polar surface area (TPSA) is 95.9 Å². The molecule has 1 heterocycles. The highest BCUT2D eigenvalue weighted by Gasteiger charge is 2.38. The maximum Gasteiger partial charge on any atom is 0.508 e. The Morgan fingerprint density at radius 2 is 1.79 bits per heavy atom. The van der Waals surface area contributed by atoms with Crippen LogP contribution in [0.1, 0.15) is 32.0 Å². The van der Waals surface area contributed by atoms with Crippen molar-refractivity contribution in [3.63, 3.8) is 0 Å². The van der Waals surface area contributed by atoms with Crippen LogP contribution in [0.25, 0.3) is 17.0 Å². The number of carbonyl (C=O) groups excluding carboxylic acids is 3. The second kappa shape index (κ2) is 10.4. The van der Waals surface area contributed by atoms with Crippen molar-refractivity contribution in [1.82, 2.24) is 9.88 Å². The summed E-state index contributed by atoms with van der Waals surface area (Å²) in [5.41, 5.74) is 0.490. The average Bonchev–Trinajstić information content (AvgIpc) is 3.02. The van der Waals surface area contributed by atoms with Crippen molar-refractivity contribution < 1.29 is 41.8 Å². The maximum absolute atomic E-state index is 13.0. The van der Waals surface area contributed by atoms with E-state index in [1.807, 2.05) is 5.32 Å². The zero-order valence-corrected chi connectivity index (χ0v) is 18.6. The number of benzene rings is 1. The number of rotatable bonds is 6. The first-order chi connectivity index (χ1) is 15.3. The Labute approximate surface area is 188 Å². The number of methoxy groups -OCH3 is 1. The normalized spacial score (nSPS) is 12.1. The summed E-state index contributed by atoms with van der Waals surface area (Å²) in [6.07, 6.45) is -3.66. The van der Waals surface area contributed by atoms with Crippen LogP contribution >= 0.6 is 0 Å². The van der Waals surface area contributed by atoms with E-state index >= 15 is 0 Å². The van der Waals surface area contributed by atoms with Gasteiger partial charge in [-0.15, -0.1) is 0 Å². The van der Waals surface area contributed by atoms with Gasteiger partial charge in [0.15, 0.2) is 0 Å². The molecule has 2 aromatic rings. The molecule has 1 aromatic heterocycles. The van der Waals surface area contributed by atoms with Gasteiger partial charge in [-0.3, -0.25) is 4.79 Å². The Morgan fingerprint density at radius 1 is 1.12 bits per heavy atom. The summed E-state index contributed by atoms with van der Waals surface area (Å²) in [6, 6.07) is 6.79. The SMILES string of the molecule is COC(=O)OC/C=C/c1c(CCNC(=O)C(F)(F)F)c2ccccc2n1C(=O)OC(C)(C)C. The first-order valence-electron chi connectivity index (χ1n) is 9.93. The second-order valence-electron chi connectivity index (χ2n) is 7.87. The third-order valence-corrected chi connectivity index (χ3v) is 4.25. The molecule has 0 aliphatic rings. The Balaban J connectivity index is 2.48. The number of ether oxygens (including phenoxy) is 3. The molecule has 0 atom stereocenters. The van der Waals surface area contributed by atoms with Crippen LogP contribution in [0.15, 0.2) is 30.3 Å². The summed E-state index contributed by atoms with van der Waals surface area (Å²) in [5.74, 6) is -2.05. The molecule has 0 unspecified atom stereocenters. The summed E-state index contributed by atoms with van der Waals surface area (Å²) in [5, 5.41) is 2.43. The number of carbonyl (C=O) groups is 3. The molecular weight excluding hydrogens is 445 g/mol. The van der Waals surface area contributed by atoms with E-state index in [1.165, 1.54) is 16.7 Å². The minimum absolute atomic E-state index is 0.00430. The van der Waals surface area contributed by atoms with E-state index in [0.717, 1.165) is 7.11 Å². The lowest BCUT2D eigenvalue weighted by Crippen LogP contribution is -2.37. The number of halogens is 3. The van der Waals surface area contributed by atoms with Gasteiger partial charge in [-0.1, -0.05) is 18.2 Å². The van der Waals surface area contributed by atoms with E-state index in [2.05, 4.69) is 4.74 Å². The van der Waals surface area contributed by atoms with Crippen molar-refractivity contribution >= 4 is 35.1 Å². The Kier molecular flexibility index (Phi) is 8.13. The molecule has 180 valence electrons. The van der Waals surface area contributed by atoms with Crippen LogP contribution in [-0.2, 0) is 25.4 Å². The van der Waals surface area contributed by atoms with Crippen LogP contribution in [0.5, 0.6) is 0 Å². The van der Waals surface area contributed by atoms with Crippen LogP contribution in [0, 0.1) is 0 Å². The van der Waals surface area contributed by atoms with Gasteiger partial charge in [0.25, 0.3) is 0 Å². The predicted molar refractivity (Wildman–Crippen MR) is 114 cm³/mol. The quantitative estimate of drug-likeness (QED) is 0.627. The fourth-order valence-corrected chi connectivity index (χ4v) is 3.00. The second-order valence-corrected chi connectivity index (χ2v) is 7.87. The maximum atomic E-state index is 13.0. The van der Waals surface area contributed by atoms with E-state index in [0.29, 0.717) is 22.2 Å². The molecule has 0 aliphatic heterocycles. The number of fused-ring (bicyclic) bond motifs is 1. The summed E-state index contributed by atoms with van der Waals surface area (Å²) in [4.78, 5) is 35.3. The number of aromatic nitrogens is 1. The lowest BCUT2D eigenvalue weighted by Gasteiger charge is -2.20. The molecule has 2 rings (SSSR count). The van der Waals surface area contributed by atoms with E-state index in [-0.39, 0.29) is 19.6 Å². The Bertz CT molecular complexity index is 1050. The van der Waals surface area contributed by atoms with Crippen LogP contribution in [-0.4, -0.2) is 54.8 Å². The molecule has 0 saturated heterocycles. The fourth-order valence-electron chi connectivity index (χ4n) is 3.00. The number of nitrogens with one attached hydrogen (secondary N) is 1. The van der Waals surface area contributed by atoms with E-state index < -0.39 is 29.9 Å². The van der Waals surface area contributed by atoms with Gasteiger partial charge in [-0.25, -0.2) is 14.2 Å². The predicted octanol–water partition coefficient (Wildman–Crippen LogP) is 4.44. The van der Waals surface area contributed by atoms with Gasteiger partial charge in [0.05, 0.1) is 18.3 Å². The summed E-state index contributed by atoms with van der Waals surface area (Å²) < 4.78 is 53.6. The van der Waals surface area contributed by atoms with Gasteiger partial charge in [0, 0.05) is 11.9 Å². The summed E-state index contributed by atoms with van der Waals surface area (Å²) >= 11 is 0. The van der Waals surface area contributed by atoms with Gasteiger partial charge in [-0.05, 0) is 51.0 Å². The lowest BCUT2D eigenvalue weighted by atomic mass is 10.1. The molecule has 1 aromatic carbocycles. The van der Waals surface area contributed by atoms with Crippen LogP contribution in [0.2, 0.25) is 0 Å². The minimum Gasteiger partial charge on any atom is -0.443 e. The third-order valence-electron chi connectivity index (χ3n) is 4.25. The lowest BCUT2D eigenvalue weighted by molar-refractivity contribution is -0.173. The van der Waals surface area contributed by atoms with Crippen LogP contribution < -0.4 is 5.32 Å². The first kappa shape index (κ1) is 25.8. The van der Waals surface area contributed by atoms with E-state index in [9.17, 15) is 27.6 Å². The molecule has 0 saturated carbocycles. The molecule has 11 heteroatoms. The monoisotopic (exact) mass is 470 g/mol. The van der Waals surface area contributed by atoms with Crippen LogP contribution in [0.4, 0.5) is 22.8 Å². The average molecular weight is 470 g/mol. The summed E-state index contributed by atoms with van der Waals surface area (Å²) in [7, 11) is 1.15. The fraction of sp³-hybridized carbons (Fsp3) is 0.409. The van der Waals surface area contributed by atoms with Crippen molar-refractivity contribution in [2.24, 2.45) is 0 Å². The van der Waals surface area contributed by atoms with Crippen molar-refractivity contribution in [1.29, 1.82) is 0 Å². The number of hydrogen-bond acceptors (Lipinski definition) is 6. The van der Waals surface area contributed by atoms with E-state index in [4.69, 9.17) is 9.47 Å². The zero-order valence-electron chi connectivity index (χ0n) is 18.6. The highest BCUT2D eigenvalue weighted by molar-refractivity contribution is 5.96. The third kappa shape index (κ3) is 6.99. The van der Waals surface area contributed by atoms with Crippen molar-refractivity contribution in [3.05, 3.63) is 41.6 Å². The molecular formula is C22H25F3N2O6. The van der Waals surface area contributed by atoms with Gasteiger partial charge < -0.3 is 19.5 Å². The van der Waals surface area contributed by atoms with Crippen molar-refractivity contribution in [2.75, 3.05) is 20.3 Å². The first-order valence-corrected chi connectivity index (χ1v) is 9.93. The number of nitrogens with zero attached hydrogens (tertiary/aromatic N) is 1. The molecule has 0 bridgehead atoms. The van der Waals surface area contributed by atoms with Gasteiger partial charge in [0.2, 0.25) is 0 Å². The molecule has 1 N–H and O–H groups in total. The van der Waals surface area contributed by atoms with Crippen LogP contribution in [0.3, 0.4) is 0 Å². The number of para-hydroxylation sites is 1. The number of alkyl halides is 3. The smallest absolute Gasteiger partial charge is 0.443 e. The molecule has 0 radical (unpaired) electrons. The Hall–Kier alpha value is -3.50. The molecule has 33 heavy (non-hydrogen) atoms. The highest BCUT2D eigenvalue weighted by Crippen LogP contribution is 2.29. The van der Waals surface area contributed by atoms with Crippen molar-refractivity contribution in [3.8, 4) is 0 Å². The highest BCUT2D eigenvalue weighted by atomic mass is 19.4. The number of amides is 1. The number of hydrogen-bond donors (Lipinski definition) is 1. The molecule has 8 nitrogen and oxygen atoms in total. The molecule has 0 fully saturated rings. The van der Waals surface area contributed by atoms with Gasteiger partial charge in [-0.2, -0.15) is 13.2 Å². The van der Waals surface area contributed by atoms with Gasteiger partial charge in [0.1, 0.15) is 12.2 Å². The molecule has 1 amide bonds. The van der Waals surface area contributed by atoms with E-state index in [1.54, 1.807) is 45.0 Å².